The third-order valence-electron chi connectivity index (χ3n) is 5.18. The molecule has 0 spiro atoms. The molecule has 3 aromatic rings. The molecule has 31 heavy (non-hydrogen) atoms. The molecule has 9 heteroatoms. The summed E-state index contributed by atoms with van der Waals surface area (Å²) in [7, 11) is -3.75. The normalized spacial score (nSPS) is 14.6. The number of pyridine rings is 1. The number of benzene rings is 2. The maximum Gasteiger partial charge on any atom is 0.272 e. The van der Waals surface area contributed by atoms with Crippen molar-refractivity contribution in [3.8, 4) is 5.75 Å². The van der Waals surface area contributed by atoms with Crippen LogP contribution >= 0.6 is 0 Å². The lowest BCUT2D eigenvalue weighted by atomic mass is 10.1. The van der Waals surface area contributed by atoms with Gasteiger partial charge in [0.2, 0.25) is 10.0 Å². The fourth-order valence-electron chi connectivity index (χ4n) is 3.66. The van der Waals surface area contributed by atoms with Crippen LogP contribution in [0.1, 0.15) is 30.3 Å². The molecule has 1 fully saturated rings. The average Bonchev–Trinajstić information content (AvgIpc) is 3.31. The van der Waals surface area contributed by atoms with Crippen molar-refractivity contribution < 1.29 is 17.9 Å². The lowest BCUT2D eigenvalue weighted by Gasteiger charge is -2.19. The molecule has 162 valence electrons. The molecule has 0 saturated carbocycles. The van der Waals surface area contributed by atoms with Crippen molar-refractivity contribution in [1.82, 2.24) is 9.29 Å². The standard InChI is InChI=1S/C22H23N3O5S/c1-2-30-19-10-9-16(14-20(19)31(28,29)25-11-5-6-12-25)23-22(27)18-13-15-7-3-4-8-17(15)21(26)24-18/h3-4,7-10,13-14H,2,5-6,11-12H2,1H3,(H,23,27)(H,24,26). The predicted molar refractivity (Wildman–Crippen MR) is 118 cm³/mol. The number of aromatic amines is 1. The van der Waals surface area contributed by atoms with Crippen LogP contribution < -0.4 is 15.6 Å². The lowest BCUT2D eigenvalue weighted by molar-refractivity contribution is 0.102. The molecule has 1 aromatic heterocycles. The van der Waals surface area contributed by atoms with Gasteiger partial charge >= 0.3 is 0 Å². The summed E-state index contributed by atoms with van der Waals surface area (Å²) in [4.78, 5) is 27.6. The number of nitrogens with zero attached hydrogens (tertiary/aromatic N) is 1. The molecule has 8 nitrogen and oxygen atoms in total. The topological polar surface area (TPSA) is 109 Å². The van der Waals surface area contributed by atoms with Crippen molar-refractivity contribution in [2.24, 2.45) is 0 Å². The fourth-order valence-corrected chi connectivity index (χ4v) is 5.34. The molecule has 4 rings (SSSR count). The minimum atomic E-state index is -3.75. The maximum atomic E-state index is 13.1. The number of aromatic nitrogens is 1. The van der Waals surface area contributed by atoms with Gasteiger partial charge in [-0.25, -0.2) is 8.42 Å². The smallest absolute Gasteiger partial charge is 0.272 e. The van der Waals surface area contributed by atoms with Gasteiger partial charge in [-0.15, -0.1) is 0 Å². The Morgan fingerprint density at radius 2 is 1.87 bits per heavy atom. The van der Waals surface area contributed by atoms with Gasteiger partial charge in [0.1, 0.15) is 16.3 Å². The average molecular weight is 442 g/mol. The van der Waals surface area contributed by atoms with Crippen LogP contribution in [0.25, 0.3) is 10.8 Å². The number of amides is 1. The van der Waals surface area contributed by atoms with E-state index in [0.717, 1.165) is 12.8 Å². The van der Waals surface area contributed by atoms with Gasteiger partial charge in [-0.3, -0.25) is 9.59 Å². The van der Waals surface area contributed by atoms with E-state index >= 15 is 0 Å². The zero-order valence-corrected chi connectivity index (χ0v) is 17.9. The first-order valence-corrected chi connectivity index (χ1v) is 11.5. The number of rotatable bonds is 6. The van der Waals surface area contributed by atoms with E-state index in [-0.39, 0.29) is 21.9 Å². The van der Waals surface area contributed by atoms with E-state index in [2.05, 4.69) is 10.3 Å². The number of nitrogens with one attached hydrogen (secondary N) is 2. The lowest BCUT2D eigenvalue weighted by Crippen LogP contribution is -2.28. The van der Waals surface area contributed by atoms with Crippen molar-refractivity contribution in [2.45, 2.75) is 24.7 Å². The zero-order valence-electron chi connectivity index (χ0n) is 17.1. The molecule has 0 unspecified atom stereocenters. The van der Waals surface area contributed by atoms with Crippen LogP contribution in [0.2, 0.25) is 0 Å². The highest BCUT2D eigenvalue weighted by Gasteiger charge is 2.30. The highest BCUT2D eigenvalue weighted by atomic mass is 32.2. The molecule has 0 radical (unpaired) electrons. The molecular weight excluding hydrogens is 418 g/mol. The molecule has 1 aliphatic rings. The van der Waals surface area contributed by atoms with Gasteiger partial charge in [0, 0.05) is 24.2 Å². The van der Waals surface area contributed by atoms with E-state index in [9.17, 15) is 18.0 Å². The van der Waals surface area contributed by atoms with Gasteiger partial charge in [-0.1, -0.05) is 18.2 Å². The van der Waals surface area contributed by atoms with Crippen LogP contribution in [0.3, 0.4) is 0 Å². The number of hydrogen-bond acceptors (Lipinski definition) is 5. The van der Waals surface area contributed by atoms with E-state index in [4.69, 9.17) is 4.74 Å². The Labute approximate surface area is 179 Å². The van der Waals surface area contributed by atoms with Gasteiger partial charge in [0.25, 0.3) is 11.5 Å². The predicted octanol–water partition coefficient (Wildman–Crippen LogP) is 2.96. The zero-order chi connectivity index (χ0) is 22.0. The van der Waals surface area contributed by atoms with Gasteiger partial charge in [0.05, 0.1) is 6.61 Å². The second-order valence-electron chi connectivity index (χ2n) is 7.26. The second kappa shape index (κ2) is 8.52. The van der Waals surface area contributed by atoms with Crippen LogP contribution in [0.15, 0.2) is 58.2 Å². The number of carbonyl (C=O) groups excluding carboxylic acids is 1. The molecule has 2 heterocycles. The van der Waals surface area contributed by atoms with E-state index in [1.165, 1.54) is 16.4 Å². The van der Waals surface area contributed by atoms with Gasteiger partial charge in [0.15, 0.2) is 0 Å². The number of sulfonamides is 1. The summed E-state index contributed by atoms with van der Waals surface area (Å²) in [5, 5.41) is 3.80. The summed E-state index contributed by atoms with van der Waals surface area (Å²) >= 11 is 0. The SMILES string of the molecule is CCOc1ccc(NC(=O)c2cc3ccccc3c(=O)[nH]2)cc1S(=O)(=O)N1CCCC1. The molecule has 0 aliphatic carbocycles. The van der Waals surface area contributed by atoms with Crippen molar-refractivity contribution in [2.75, 3.05) is 25.0 Å². The second-order valence-corrected chi connectivity index (χ2v) is 9.17. The molecule has 2 N–H and O–H groups in total. The van der Waals surface area contributed by atoms with E-state index < -0.39 is 15.9 Å². The summed E-state index contributed by atoms with van der Waals surface area (Å²) in [6, 6.07) is 13.1. The van der Waals surface area contributed by atoms with Crippen LogP contribution in [-0.4, -0.2) is 43.3 Å². The number of H-pyrrole nitrogens is 1. The van der Waals surface area contributed by atoms with Crippen molar-refractivity contribution >= 4 is 32.4 Å². The van der Waals surface area contributed by atoms with E-state index in [1.807, 2.05) is 0 Å². The largest absolute Gasteiger partial charge is 0.492 e. The number of anilines is 1. The molecule has 0 atom stereocenters. The first-order chi connectivity index (χ1) is 14.9. The maximum absolute atomic E-state index is 13.1. The van der Waals surface area contributed by atoms with Crippen LogP contribution in [0.5, 0.6) is 5.75 Å². The Morgan fingerprint density at radius 1 is 1.13 bits per heavy atom. The Balaban J connectivity index is 1.67. The van der Waals surface area contributed by atoms with Gasteiger partial charge < -0.3 is 15.0 Å². The van der Waals surface area contributed by atoms with Crippen molar-refractivity contribution in [3.63, 3.8) is 0 Å². The minimum Gasteiger partial charge on any atom is -0.492 e. The number of hydrogen-bond donors (Lipinski definition) is 2. The quantitative estimate of drug-likeness (QED) is 0.611. The third-order valence-corrected chi connectivity index (χ3v) is 7.10. The van der Waals surface area contributed by atoms with Crippen molar-refractivity contribution in [3.05, 3.63) is 64.6 Å². The minimum absolute atomic E-state index is 0.0149. The molecule has 1 saturated heterocycles. The molecular formula is C22H23N3O5S. The van der Waals surface area contributed by atoms with Crippen LogP contribution in [0, 0.1) is 0 Å². The Morgan fingerprint density at radius 3 is 2.61 bits per heavy atom. The van der Waals surface area contributed by atoms with Crippen LogP contribution in [0.4, 0.5) is 5.69 Å². The summed E-state index contributed by atoms with van der Waals surface area (Å²) < 4.78 is 33.2. The molecule has 1 aliphatic heterocycles. The fraction of sp³-hybridized carbons (Fsp3) is 0.273. The Hall–Kier alpha value is -3.17. The number of ether oxygens (including phenoxy) is 1. The highest BCUT2D eigenvalue weighted by Crippen LogP contribution is 2.31. The van der Waals surface area contributed by atoms with Gasteiger partial charge in [-0.2, -0.15) is 4.31 Å². The van der Waals surface area contributed by atoms with Crippen molar-refractivity contribution in [1.29, 1.82) is 0 Å². The summed E-state index contributed by atoms with van der Waals surface area (Å²) in [6.07, 6.45) is 1.63. The Kier molecular flexibility index (Phi) is 5.79. The van der Waals surface area contributed by atoms with Gasteiger partial charge in [-0.05, 0) is 55.5 Å². The summed E-state index contributed by atoms with van der Waals surface area (Å²) in [5.74, 6) is -0.303. The van der Waals surface area contributed by atoms with E-state index in [1.54, 1.807) is 43.3 Å². The first-order valence-electron chi connectivity index (χ1n) is 10.1. The van der Waals surface area contributed by atoms with Crippen LogP contribution in [-0.2, 0) is 10.0 Å². The first kappa shape index (κ1) is 21.1. The van der Waals surface area contributed by atoms with E-state index in [0.29, 0.717) is 36.2 Å². The Bertz CT molecular complexity index is 1290. The number of carbonyl (C=O) groups is 1. The summed E-state index contributed by atoms with van der Waals surface area (Å²) in [6.45, 7) is 3.01. The number of fused-ring (bicyclic) bond motifs is 1. The molecule has 1 amide bonds. The highest BCUT2D eigenvalue weighted by molar-refractivity contribution is 7.89. The monoisotopic (exact) mass is 441 g/mol. The summed E-state index contributed by atoms with van der Waals surface area (Å²) in [5.41, 5.74) is 0.00834. The molecule has 0 bridgehead atoms. The third kappa shape index (κ3) is 4.19. The molecule has 2 aromatic carbocycles.